The first kappa shape index (κ1) is 18.8. The lowest BCUT2D eigenvalue weighted by molar-refractivity contribution is 0.0298. The molecule has 0 aromatic heterocycles. The van der Waals surface area contributed by atoms with E-state index in [-0.39, 0.29) is 6.09 Å². The van der Waals surface area contributed by atoms with Crippen LogP contribution in [0.25, 0.3) is 0 Å². The van der Waals surface area contributed by atoms with Crippen LogP contribution in [0.15, 0.2) is 30.3 Å². The molecule has 4 heteroatoms. The van der Waals surface area contributed by atoms with Gasteiger partial charge in [-0.25, -0.2) is 4.79 Å². The summed E-state index contributed by atoms with van der Waals surface area (Å²) >= 11 is 0. The summed E-state index contributed by atoms with van der Waals surface area (Å²) in [5.41, 5.74) is 0.982. The van der Waals surface area contributed by atoms with Gasteiger partial charge in [0.1, 0.15) is 5.60 Å². The van der Waals surface area contributed by atoms with E-state index in [4.69, 9.17) is 4.74 Å². The average Bonchev–Trinajstić information content (AvgIpc) is 2.54. The number of hydrogen-bond acceptors (Lipinski definition) is 3. The first-order valence-electron chi connectivity index (χ1n) is 9.09. The zero-order valence-electron chi connectivity index (χ0n) is 15.5. The Bertz CT molecular complexity index is 510. The molecule has 2 atom stereocenters. The maximum Gasteiger partial charge on any atom is 0.410 e. The fraction of sp³-hybridized carbons (Fsp3) is 0.650. The molecule has 1 fully saturated rings. The van der Waals surface area contributed by atoms with Crippen molar-refractivity contribution in [3.63, 3.8) is 0 Å². The smallest absolute Gasteiger partial charge is 0.410 e. The summed E-state index contributed by atoms with van der Waals surface area (Å²) < 4.78 is 5.39. The molecule has 1 aromatic rings. The van der Waals surface area contributed by atoms with E-state index in [2.05, 4.69) is 35.6 Å². The van der Waals surface area contributed by atoms with Crippen LogP contribution in [0.2, 0.25) is 0 Å². The minimum Gasteiger partial charge on any atom is -0.444 e. The van der Waals surface area contributed by atoms with Crippen molar-refractivity contribution in [3.05, 3.63) is 35.9 Å². The van der Waals surface area contributed by atoms with Crippen LogP contribution in [0.5, 0.6) is 0 Å². The Morgan fingerprint density at radius 1 is 1.21 bits per heavy atom. The molecule has 0 spiro atoms. The van der Waals surface area contributed by atoms with Crippen molar-refractivity contribution in [1.29, 1.82) is 0 Å². The molecular weight excluding hydrogens is 300 g/mol. The SMILES string of the molecule is CN(CCNC1CCCCC1c1ccccc1)C(=O)OC(C)(C)C. The largest absolute Gasteiger partial charge is 0.444 e. The third kappa shape index (κ3) is 5.82. The first-order chi connectivity index (χ1) is 11.4. The normalized spacial score (nSPS) is 21.3. The van der Waals surface area contributed by atoms with Crippen molar-refractivity contribution in [3.8, 4) is 0 Å². The Hall–Kier alpha value is -1.55. The number of likely N-dealkylation sites (N-methyl/N-ethyl adjacent to an activating group) is 1. The van der Waals surface area contributed by atoms with Crippen molar-refractivity contribution < 1.29 is 9.53 Å². The van der Waals surface area contributed by atoms with Crippen molar-refractivity contribution in [2.45, 2.75) is 64.0 Å². The van der Waals surface area contributed by atoms with E-state index in [1.54, 1.807) is 11.9 Å². The van der Waals surface area contributed by atoms with E-state index in [0.29, 0.717) is 18.5 Å². The van der Waals surface area contributed by atoms with Gasteiger partial charge in [0.05, 0.1) is 0 Å². The minimum atomic E-state index is -0.444. The Kier molecular flexibility index (Phi) is 6.67. The van der Waals surface area contributed by atoms with Crippen LogP contribution in [0.4, 0.5) is 4.79 Å². The maximum atomic E-state index is 12.0. The van der Waals surface area contributed by atoms with Gasteiger partial charge in [-0.2, -0.15) is 0 Å². The molecule has 0 saturated heterocycles. The second kappa shape index (κ2) is 8.52. The number of nitrogens with zero attached hydrogens (tertiary/aromatic N) is 1. The lowest BCUT2D eigenvalue weighted by Gasteiger charge is -2.33. The molecule has 0 bridgehead atoms. The van der Waals surface area contributed by atoms with Gasteiger partial charge < -0.3 is 15.0 Å². The number of carbonyl (C=O) groups is 1. The number of benzene rings is 1. The van der Waals surface area contributed by atoms with Crippen molar-refractivity contribution in [1.82, 2.24) is 10.2 Å². The van der Waals surface area contributed by atoms with Crippen molar-refractivity contribution >= 4 is 6.09 Å². The molecule has 1 aliphatic carbocycles. The average molecular weight is 332 g/mol. The van der Waals surface area contributed by atoms with Crippen molar-refractivity contribution in [2.75, 3.05) is 20.1 Å². The summed E-state index contributed by atoms with van der Waals surface area (Å²) in [6, 6.07) is 11.3. The van der Waals surface area contributed by atoms with E-state index in [1.165, 1.54) is 31.2 Å². The molecule has 1 saturated carbocycles. The number of rotatable bonds is 5. The number of hydrogen-bond donors (Lipinski definition) is 1. The third-order valence-corrected chi connectivity index (χ3v) is 4.55. The molecule has 4 nitrogen and oxygen atoms in total. The topological polar surface area (TPSA) is 41.6 Å². The van der Waals surface area contributed by atoms with E-state index < -0.39 is 5.60 Å². The standard InChI is InChI=1S/C20H32N2O2/c1-20(2,3)24-19(23)22(4)15-14-21-18-13-9-8-12-17(18)16-10-6-5-7-11-16/h5-7,10-11,17-18,21H,8-9,12-15H2,1-4H3. The van der Waals surface area contributed by atoms with Crippen LogP contribution < -0.4 is 5.32 Å². The summed E-state index contributed by atoms with van der Waals surface area (Å²) in [6.07, 6.45) is 4.77. The highest BCUT2D eigenvalue weighted by atomic mass is 16.6. The maximum absolute atomic E-state index is 12.0. The number of ether oxygens (including phenoxy) is 1. The summed E-state index contributed by atoms with van der Waals surface area (Å²) in [5.74, 6) is 0.576. The molecule has 0 heterocycles. The van der Waals surface area contributed by atoms with Gasteiger partial charge in [0.25, 0.3) is 0 Å². The van der Waals surface area contributed by atoms with Gasteiger partial charge in [-0.05, 0) is 45.1 Å². The summed E-state index contributed by atoms with van der Waals surface area (Å²) in [5, 5.41) is 3.67. The molecule has 1 amide bonds. The third-order valence-electron chi connectivity index (χ3n) is 4.55. The van der Waals surface area contributed by atoms with E-state index in [9.17, 15) is 4.79 Å². The minimum absolute atomic E-state index is 0.257. The Morgan fingerprint density at radius 2 is 1.88 bits per heavy atom. The van der Waals surface area contributed by atoms with Crippen LogP contribution in [0, 0.1) is 0 Å². The molecule has 0 aliphatic heterocycles. The number of carbonyl (C=O) groups excluding carboxylic acids is 1. The molecule has 1 aromatic carbocycles. The Labute approximate surface area is 146 Å². The molecule has 0 radical (unpaired) electrons. The quantitative estimate of drug-likeness (QED) is 0.880. The van der Waals surface area contributed by atoms with Crippen LogP contribution in [-0.2, 0) is 4.74 Å². The van der Waals surface area contributed by atoms with Gasteiger partial charge in [0.2, 0.25) is 0 Å². The van der Waals surface area contributed by atoms with Gasteiger partial charge in [-0.1, -0.05) is 43.2 Å². The lowest BCUT2D eigenvalue weighted by Crippen LogP contribution is -2.43. The van der Waals surface area contributed by atoms with Crippen LogP contribution in [0.3, 0.4) is 0 Å². The summed E-state index contributed by atoms with van der Waals surface area (Å²) in [4.78, 5) is 13.7. The van der Waals surface area contributed by atoms with Crippen molar-refractivity contribution in [2.24, 2.45) is 0 Å². The Balaban J connectivity index is 1.82. The zero-order valence-corrected chi connectivity index (χ0v) is 15.5. The molecule has 2 unspecified atom stereocenters. The first-order valence-corrected chi connectivity index (χ1v) is 9.09. The van der Waals surface area contributed by atoms with Crippen LogP contribution in [-0.4, -0.2) is 42.8 Å². The van der Waals surface area contributed by atoms with Gasteiger partial charge in [-0.3, -0.25) is 0 Å². The second-order valence-electron chi connectivity index (χ2n) is 7.76. The number of nitrogens with one attached hydrogen (secondary N) is 1. The fourth-order valence-electron chi connectivity index (χ4n) is 3.32. The van der Waals surface area contributed by atoms with Crippen LogP contribution in [0.1, 0.15) is 57.9 Å². The predicted molar refractivity (Wildman–Crippen MR) is 98.3 cm³/mol. The molecule has 1 aliphatic rings. The number of amides is 1. The van der Waals surface area contributed by atoms with Crippen LogP contribution >= 0.6 is 0 Å². The molecular formula is C20H32N2O2. The predicted octanol–water partition coefficient (Wildman–Crippen LogP) is 4.17. The summed E-state index contributed by atoms with van der Waals surface area (Å²) in [7, 11) is 1.80. The van der Waals surface area contributed by atoms with E-state index in [0.717, 1.165) is 6.54 Å². The molecule has 24 heavy (non-hydrogen) atoms. The monoisotopic (exact) mass is 332 g/mol. The molecule has 134 valence electrons. The molecule has 2 rings (SSSR count). The molecule has 1 N–H and O–H groups in total. The second-order valence-corrected chi connectivity index (χ2v) is 7.76. The van der Waals surface area contributed by atoms with Gasteiger partial charge in [0, 0.05) is 26.2 Å². The van der Waals surface area contributed by atoms with Gasteiger partial charge in [0.15, 0.2) is 0 Å². The lowest BCUT2D eigenvalue weighted by atomic mass is 9.80. The highest BCUT2D eigenvalue weighted by molar-refractivity contribution is 5.67. The summed E-state index contributed by atoms with van der Waals surface area (Å²) in [6.45, 7) is 7.13. The highest BCUT2D eigenvalue weighted by Gasteiger charge is 2.26. The van der Waals surface area contributed by atoms with Gasteiger partial charge >= 0.3 is 6.09 Å². The van der Waals surface area contributed by atoms with E-state index >= 15 is 0 Å². The zero-order chi connectivity index (χ0) is 17.6. The van der Waals surface area contributed by atoms with Gasteiger partial charge in [-0.15, -0.1) is 0 Å². The highest BCUT2D eigenvalue weighted by Crippen LogP contribution is 2.32. The Morgan fingerprint density at radius 3 is 2.54 bits per heavy atom. The van der Waals surface area contributed by atoms with E-state index in [1.807, 2.05) is 20.8 Å². The fourth-order valence-corrected chi connectivity index (χ4v) is 3.32.